The van der Waals surface area contributed by atoms with Gasteiger partial charge in [-0.15, -0.1) is 0 Å². The third kappa shape index (κ3) is 3.71. The molecule has 170 valence electrons. The number of hydrogen-bond donors (Lipinski definition) is 1. The van der Waals surface area contributed by atoms with E-state index in [2.05, 4.69) is 20.8 Å². The lowest BCUT2D eigenvalue weighted by Gasteiger charge is -2.61. The smallest absolute Gasteiger partial charge is 0.303 e. The number of ether oxygens (including phenoxy) is 1. The van der Waals surface area contributed by atoms with Gasteiger partial charge in [0.2, 0.25) is 0 Å². The summed E-state index contributed by atoms with van der Waals surface area (Å²) in [6, 6.07) is 0. The summed E-state index contributed by atoms with van der Waals surface area (Å²) in [5.41, 5.74) is 0.811. The van der Waals surface area contributed by atoms with E-state index in [1.54, 1.807) is 6.92 Å². The molecule has 0 heterocycles. The molecule has 4 nitrogen and oxygen atoms in total. The van der Waals surface area contributed by atoms with Crippen LogP contribution in [0, 0.1) is 46.3 Å². The molecule has 0 saturated heterocycles. The van der Waals surface area contributed by atoms with E-state index in [-0.39, 0.29) is 12.1 Å². The van der Waals surface area contributed by atoms with Gasteiger partial charge in [0.25, 0.3) is 0 Å². The Hall–Kier alpha value is -1.06. The standard InChI is InChI=1S/C26H42O4/c1-16(5-10-24(28)29)21-8-9-22-20-7-6-18-15-19(30-17(2)27)11-13-25(18,3)23(20)12-14-26(21,22)4/h16,18-23H,5-15H2,1-4H3,(H,28,29)/t16-,18?,19-,20?,21?,22?,23?,25+,26-/m1/s1. The second-order valence-electron chi connectivity index (χ2n) is 11.8. The minimum absolute atomic E-state index is 0.125. The zero-order chi connectivity index (χ0) is 21.7. The maximum Gasteiger partial charge on any atom is 0.303 e. The molecule has 5 unspecified atom stereocenters. The molecule has 4 fully saturated rings. The number of aliphatic carboxylic acids is 1. The van der Waals surface area contributed by atoms with E-state index in [1.807, 2.05) is 0 Å². The van der Waals surface area contributed by atoms with Crippen molar-refractivity contribution >= 4 is 11.9 Å². The van der Waals surface area contributed by atoms with Crippen molar-refractivity contribution in [1.82, 2.24) is 0 Å². The molecule has 0 bridgehead atoms. The summed E-state index contributed by atoms with van der Waals surface area (Å²) in [5.74, 6) is 3.60. The van der Waals surface area contributed by atoms with Gasteiger partial charge in [-0.25, -0.2) is 0 Å². The largest absolute Gasteiger partial charge is 0.481 e. The Labute approximate surface area is 182 Å². The van der Waals surface area contributed by atoms with Crippen LogP contribution in [0.3, 0.4) is 0 Å². The van der Waals surface area contributed by atoms with Crippen LogP contribution >= 0.6 is 0 Å². The van der Waals surface area contributed by atoms with Gasteiger partial charge in [-0.2, -0.15) is 0 Å². The zero-order valence-corrected chi connectivity index (χ0v) is 19.5. The van der Waals surface area contributed by atoms with E-state index in [9.17, 15) is 9.59 Å². The molecule has 4 saturated carbocycles. The van der Waals surface area contributed by atoms with Crippen LogP contribution in [0.5, 0.6) is 0 Å². The highest BCUT2D eigenvalue weighted by Gasteiger charge is 2.60. The molecule has 9 atom stereocenters. The van der Waals surface area contributed by atoms with E-state index in [4.69, 9.17) is 9.84 Å². The summed E-state index contributed by atoms with van der Waals surface area (Å²) in [7, 11) is 0. The van der Waals surface area contributed by atoms with Crippen molar-refractivity contribution in [2.24, 2.45) is 46.3 Å². The number of carbonyl (C=O) groups is 2. The molecule has 0 aromatic carbocycles. The van der Waals surface area contributed by atoms with Crippen LogP contribution in [0.2, 0.25) is 0 Å². The maximum absolute atomic E-state index is 11.5. The Morgan fingerprint density at radius 3 is 2.40 bits per heavy atom. The van der Waals surface area contributed by atoms with Gasteiger partial charge in [0.15, 0.2) is 0 Å². The Kier molecular flexibility index (Phi) is 6.00. The zero-order valence-electron chi connectivity index (χ0n) is 19.5. The van der Waals surface area contributed by atoms with Crippen molar-refractivity contribution in [3.8, 4) is 0 Å². The molecule has 0 spiro atoms. The van der Waals surface area contributed by atoms with Crippen LogP contribution < -0.4 is 0 Å². The molecule has 4 aliphatic carbocycles. The summed E-state index contributed by atoms with van der Waals surface area (Å²) in [6.45, 7) is 8.96. The van der Waals surface area contributed by atoms with Gasteiger partial charge in [-0.05, 0) is 111 Å². The molecule has 30 heavy (non-hydrogen) atoms. The minimum atomic E-state index is -0.652. The highest BCUT2D eigenvalue weighted by Crippen LogP contribution is 2.68. The lowest BCUT2D eigenvalue weighted by Crippen LogP contribution is -2.54. The summed E-state index contributed by atoms with van der Waals surface area (Å²) in [4.78, 5) is 22.5. The van der Waals surface area contributed by atoms with Crippen LogP contribution in [0.15, 0.2) is 0 Å². The number of carboxylic acid groups (broad SMARTS) is 1. The second-order valence-corrected chi connectivity index (χ2v) is 11.8. The molecule has 0 aromatic heterocycles. The first-order valence-electron chi connectivity index (χ1n) is 12.5. The lowest BCUT2D eigenvalue weighted by molar-refractivity contribution is -0.160. The number of fused-ring (bicyclic) bond motifs is 5. The third-order valence-corrected chi connectivity index (χ3v) is 10.5. The van der Waals surface area contributed by atoms with Crippen LogP contribution in [0.1, 0.15) is 98.3 Å². The van der Waals surface area contributed by atoms with Crippen molar-refractivity contribution in [3.05, 3.63) is 0 Å². The molecular weight excluding hydrogens is 376 g/mol. The summed E-state index contributed by atoms with van der Waals surface area (Å²) < 4.78 is 5.61. The van der Waals surface area contributed by atoms with Crippen molar-refractivity contribution in [1.29, 1.82) is 0 Å². The third-order valence-electron chi connectivity index (χ3n) is 10.5. The molecule has 4 aliphatic rings. The van der Waals surface area contributed by atoms with Crippen molar-refractivity contribution in [2.75, 3.05) is 0 Å². The van der Waals surface area contributed by atoms with Gasteiger partial charge in [-0.1, -0.05) is 20.8 Å². The van der Waals surface area contributed by atoms with Crippen molar-refractivity contribution < 1.29 is 19.4 Å². The molecule has 4 rings (SSSR count). The molecule has 0 amide bonds. The van der Waals surface area contributed by atoms with E-state index >= 15 is 0 Å². The van der Waals surface area contributed by atoms with E-state index < -0.39 is 5.97 Å². The quantitative estimate of drug-likeness (QED) is 0.550. The summed E-state index contributed by atoms with van der Waals surface area (Å²) in [5, 5.41) is 9.13. The summed E-state index contributed by atoms with van der Waals surface area (Å²) in [6.07, 6.45) is 12.5. The van der Waals surface area contributed by atoms with Gasteiger partial charge in [-0.3, -0.25) is 9.59 Å². The van der Waals surface area contributed by atoms with Gasteiger partial charge in [0.05, 0.1) is 0 Å². The number of esters is 1. The van der Waals surface area contributed by atoms with Crippen molar-refractivity contribution in [2.45, 2.75) is 104 Å². The fraction of sp³-hybridized carbons (Fsp3) is 0.923. The molecule has 0 aliphatic heterocycles. The fourth-order valence-corrected chi connectivity index (χ4v) is 9.09. The lowest BCUT2D eigenvalue weighted by atomic mass is 9.44. The van der Waals surface area contributed by atoms with E-state index in [0.717, 1.165) is 37.0 Å². The highest BCUT2D eigenvalue weighted by molar-refractivity contribution is 5.66. The minimum Gasteiger partial charge on any atom is -0.481 e. The number of carbonyl (C=O) groups excluding carboxylic acids is 1. The van der Waals surface area contributed by atoms with Crippen LogP contribution in [0.4, 0.5) is 0 Å². The van der Waals surface area contributed by atoms with Crippen LogP contribution in [-0.4, -0.2) is 23.1 Å². The fourth-order valence-electron chi connectivity index (χ4n) is 9.09. The topological polar surface area (TPSA) is 63.6 Å². The van der Waals surface area contributed by atoms with Gasteiger partial charge < -0.3 is 9.84 Å². The Bertz CT molecular complexity index is 674. The number of rotatable bonds is 5. The molecule has 4 heteroatoms. The molecule has 1 N–H and O–H groups in total. The first-order valence-corrected chi connectivity index (χ1v) is 12.5. The van der Waals surface area contributed by atoms with E-state index in [1.165, 1.54) is 44.9 Å². The SMILES string of the molecule is CC(=O)O[C@@H]1CC[C@@]2(C)C(CCC3C2CC[C@@]2(C)C3CCC2[C@H](C)CCC(=O)O)C1. The van der Waals surface area contributed by atoms with Crippen LogP contribution in [-0.2, 0) is 14.3 Å². The second kappa shape index (κ2) is 8.13. The Balaban J connectivity index is 1.47. The maximum atomic E-state index is 11.5. The average molecular weight is 419 g/mol. The van der Waals surface area contributed by atoms with Gasteiger partial charge >= 0.3 is 11.9 Å². The molecule has 0 aromatic rings. The first-order chi connectivity index (χ1) is 14.1. The predicted molar refractivity (Wildman–Crippen MR) is 117 cm³/mol. The number of hydrogen-bond acceptors (Lipinski definition) is 3. The predicted octanol–water partition coefficient (Wildman–Crippen LogP) is 6.08. The Morgan fingerprint density at radius 1 is 1.00 bits per heavy atom. The first kappa shape index (κ1) is 22.1. The van der Waals surface area contributed by atoms with Gasteiger partial charge in [0.1, 0.15) is 6.10 Å². The average Bonchev–Trinajstić information content (AvgIpc) is 3.03. The normalized spacial score (nSPS) is 46.3. The van der Waals surface area contributed by atoms with Crippen molar-refractivity contribution in [3.63, 3.8) is 0 Å². The Morgan fingerprint density at radius 2 is 1.70 bits per heavy atom. The monoisotopic (exact) mass is 418 g/mol. The van der Waals surface area contributed by atoms with E-state index in [0.29, 0.717) is 35.0 Å². The molecule has 0 radical (unpaired) electrons. The highest BCUT2D eigenvalue weighted by atomic mass is 16.5. The summed E-state index contributed by atoms with van der Waals surface area (Å²) >= 11 is 0. The number of carboxylic acids is 1. The van der Waals surface area contributed by atoms with Crippen LogP contribution in [0.25, 0.3) is 0 Å². The molecular formula is C26H42O4. The van der Waals surface area contributed by atoms with Gasteiger partial charge in [0, 0.05) is 13.3 Å².